The van der Waals surface area contributed by atoms with Crippen LogP contribution in [0.3, 0.4) is 0 Å². The number of phenolic OH excluding ortho intramolecular Hbond substituents is 1. The fourth-order valence-corrected chi connectivity index (χ4v) is 9.90. The van der Waals surface area contributed by atoms with Gasteiger partial charge in [-0.15, -0.1) is 0 Å². The van der Waals surface area contributed by atoms with E-state index in [0.29, 0.717) is 42.3 Å². The van der Waals surface area contributed by atoms with Crippen LogP contribution in [0.2, 0.25) is 0 Å². The first-order chi connectivity index (χ1) is 17.2. The van der Waals surface area contributed by atoms with Crippen molar-refractivity contribution in [1.82, 2.24) is 5.32 Å². The van der Waals surface area contributed by atoms with Gasteiger partial charge in [-0.2, -0.15) is 0 Å². The summed E-state index contributed by atoms with van der Waals surface area (Å²) in [6, 6.07) is 3.88. The molecule has 0 radical (unpaired) electrons. The van der Waals surface area contributed by atoms with E-state index >= 15 is 0 Å². The second-order valence-electron chi connectivity index (χ2n) is 13.1. The van der Waals surface area contributed by atoms with Crippen molar-refractivity contribution in [2.75, 3.05) is 13.7 Å². The number of fused-ring (bicyclic) bond motifs is 2. The predicted octanol–water partition coefficient (Wildman–Crippen LogP) is 3.92. The Balaban J connectivity index is 1.55. The summed E-state index contributed by atoms with van der Waals surface area (Å²) in [6.07, 6.45) is 9.47. The molecule has 2 saturated heterocycles. The number of aliphatic hydroxyl groups is 1. The Morgan fingerprint density at radius 1 is 1.19 bits per heavy atom. The summed E-state index contributed by atoms with van der Waals surface area (Å²) in [5.41, 5.74) is 9.96. The van der Waals surface area contributed by atoms with Gasteiger partial charge in [0, 0.05) is 31.0 Å². The van der Waals surface area contributed by atoms with Gasteiger partial charge in [0.15, 0.2) is 0 Å². The molecule has 5 heteroatoms. The third kappa shape index (κ3) is 3.44. The van der Waals surface area contributed by atoms with Crippen molar-refractivity contribution in [2.45, 2.75) is 94.9 Å². The number of nitrogens with one attached hydrogen (secondary N) is 1. The zero-order chi connectivity index (χ0) is 25.3. The van der Waals surface area contributed by atoms with Gasteiger partial charge in [-0.1, -0.05) is 18.3 Å². The molecule has 196 valence electrons. The molecule has 5 bridgehead atoms. The smallest absolute Gasteiger partial charge is 0.116 e. The number of hydrogen-bond acceptors (Lipinski definition) is 5. The Morgan fingerprint density at radius 3 is 2.81 bits per heavy atom. The van der Waals surface area contributed by atoms with Crippen molar-refractivity contribution >= 4 is 0 Å². The van der Waals surface area contributed by atoms with Gasteiger partial charge in [0.2, 0.25) is 0 Å². The van der Waals surface area contributed by atoms with Crippen LogP contribution in [-0.4, -0.2) is 40.6 Å². The van der Waals surface area contributed by atoms with Crippen molar-refractivity contribution in [3.05, 3.63) is 28.8 Å². The van der Waals surface area contributed by atoms with Crippen molar-refractivity contribution in [3.63, 3.8) is 0 Å². The lowest BCUT2D eigenvalue weighted by atomic mass is 9.41. The highest BCUT2D eigenvalue weighted by Crippen LogP contribution is 2.68. The number of hydrogen-bond donors (Lipinski definition) is 4. The maximum atomic E-state index is 10.6. The van der Waals surface area contributed by atoms with Crippen LogP contribution in [0.1, 0.15) is 75.5 Å². The molecule has 5 fully saturated rings. The number of rotatable bonds is 4. The summed E-state index contributed by atoms with van der Waals surface area (Å²) in [5, 5.41) is 24.1. The molecule has 0 unspecified atom stereocenters. The monoisotopic (exact) mass is 492 g/mol. The number of phenols is 1. The van der Waals surface area contributed by atoms with Crippen LogP contribution in [0.4, 0.5) is 0 Å². The van der Waals surface area contributed by atoms with E-state index in [4.69, 9.17) is 10.5 Å². The number of aliphatic hydroxyl groups excluding tert-OH is 1. The molecule has 0 aromatic heterocycles. The fraction of sp³-hybridized carbons (Fsp3) is 0.742. The SMILES string of the molecule is CNCc1cc(O)cc2c1C[C@@H]1CCC[C@@H]3[C@H]1CC[C@@H]1C[C@@H]4C(C)(C)O[C@]13[C@@H](C#CC2)[C@]4(N)CCO. The molecular weight excluding hydrogens is 448 g/mol. The van der Waals surface area contributed by atoms with Crippen LogP contribution in [0.15, 0.2) is 12.1 Å². The molecule has 2 heterocycles. The molecule has 1 aromatic rings. The second-order valence-corrected chi connectivity index (χ2v) is 13.1. The molecule has 4 aliphatic carbocycles. The Morgan fingerprint density at radius 2 is 2.03 bits per heavy atom. The van der Waals surface area contributed by atoms with E-state index in [2.05, 4.69) is 31.0 Å². The van der Waals surface area contributed by atoms with Crippen molar-refractivity contribution < 1.29 is 14.9 Å². The van der Waals surface area contributed by atoms with Crippen LogP contribution < -0.4 is 11.1 Å². The van der Waals surface area contributed by atoms with Crippen molar-refractivity contribution in [1.29, 1.82) is 0 Å². The maximum absolute atomic E-state index is 10.6. The van der Waals surface area contributed by atoms with E-state index in [9.17, 15) is 10.2 Å². The highest BCUT2D eigenvalue weighted by molar-refractivity contribution is 5.45. The third-order valence-electron chi connectivity index (χ3n) is 11.0. The average molecular weight is 493 g/mol. The summed E-state index contributed by atoms with van der Waals surface area (Å²) < 4.78 is 7.34. The lowest BCUT2D eigenvalue weighted by Crippen LogP contribution is -2.81. The topological polar surface area (TPSA) is 87.7 Å². The molecule has 5 nitrogen and oxygen atoms in total. The molecule has 8 atom stereocenters. The summed E-state index contributed by atoms with van der Waals surface area (Å²) in [7, 11) is 1.97. The van der Waals surface area contributed by atoms with E-state index in [0.717, 1.165) is 24.9 Å². The first kappa shape index (κ1) is 24.7. The Kier molecular flexibility index (Phi) is 6.00. The van der Waals surface area contributed by atoms with E-state index in [-0.39, 0.29) is 29.6 Å². The zero-order valence-corrected chi connectivity index (χ0v) is 22.3. The number of benzene rings is 1. The summed E-state index contributed by atoms with van der Waals surface area (Å²) in [6.45, 7) is 5.32. The number of aromatic hydroxyl groups is 1. The van der Waals surface area contributed by atoms with Gasteiger partial charge in [-0.25, -0.2) is 0 Å². The van der Waals surface area contributed by atoms with Gasteiger partial charge >= 0.3 is 0 Å². The lowest BCUT2D eigenvalue weighted by molar-refractivity contribution is -0.346. The standard InChI is InChI=1S/C31H44N2O3/c1-29(2)28-17-22-10-11-24-20-6-4-8-26(24)31(22,36-29)27(30(28,32)12-13-34)9-5-7-19-14-23(35)15-21(18-33-3)25(19)16-20/h14-15,20,22,24,26-28,33-35H,4,6-8,10-13,16-18,32H2,1-3H3/t20-,22+,24-,26+,27-,28+,30+,31+/m0/s1. The fourth-order valence-electron chi connectivity index (χ4n) is 9.90. The molecule has 1 aromatic carbocycles. The first-order valence-corrected chi connectivity index (χ1v) is 14.3. The van der Waals surface area contributed by atoms with Gasteiger partial charge < -0.3 is 26.0 Å². The van der Waals surface area contributed by atoms with Crippen LogP contribution >= 0.6 is 0 Å². The number of ether oxygens (including phenoxy) is 1. The zero-order valence-electron chi connectivity index (χ0n) is 22.3. The molecule has 3 saturated carbocycles. The maximum Gasteiger partial charge on any atom is 0.116 e. The van der Waals surface area contributed by atoms with Crippen molar-refractivity contribution in [3.8, 4) is 17.6 Å². The number of nitrogens with two attached hydrogens (primary N) is 1. The summed E-state index contributed by atoms with van der Waals surface area (Å²) >= 11 is 0. The van der Waals surface area contributed by atoms with E-state index < -0.39 is 5.54 Å². The third-order valence-corrected chi connectivity index (χ3v) is 11.0. The van der Waals surface area contributed by atoms with Gasteiger partial charge in [0.25, 0.3) is 0 Å². The molecule has 1 spiro atoms. The van der Waals surface area contributed by atoms with Gasteiger partial charge in [0.05, 0.1) is 17.1 Å². The highest BCUT2D eigenvalue weighted by Gasteiger charge is 2.73. The quantitative estimate of drug-likeness (QED) is 0.479. The van der Waals surface area contributed by atoms with E-state index in [1.54, 1.807) is 0 Å². The highest BCUT2D eigenvalue weighted by atomic mass is 16.5. The van der Waals surface area contributed by atoms with Crippen LogP contribution in [-0.2, 0) is 24.1 Å². The minimum absolute atomic E-state index is 0.0730. The Bertz CT molecular complexity index is 1090. The molecule has 7 rings (SSSR count). The largest absolute Gasteiger partial charge is 0.508 e. The first-order valence-electron chi connectivity index (χ1n) is 14.3. The minimum Gasteiger partial charge on any atom is -0.508 e. The van der Waals surface area contributed by atoms with Gasteiger partial charge in [-0.05, 0) is 118 Å². The molecule has 5 N–H and O–H groups in total. The average Bonchev–Trinajstić information content (AvgIpc) is 2.82. The lowest BCUT2D eigenvalue weighted by Gasteiger charge is -2.73. The van der Waals surface area contributed by atoms with Crippen molar-refractivity contribution in [2.24, 2.45) is 41.2 Å². The molecular formula is C31H44N2O3. The van der Waals surface area contributed by atoms with E-state index in [1.807, 2.05) is 19.2 Å². The normalized spacial score (nSPS) is 42.0. The van der Waals surface area contributed by atoms with E-state index in [1.165, 1.54) is 43.2 Å². The van der Waals surface area contributed by atoms with Crippen LogP contribution in [0, 0.1) is 47.3 Å². The van der Waals surface area contributed by atoms with Gasteiger partial charge in [-0.3, -0.25) is 0 Å². The van der Waals surface area contributed by atoms with Gasteiger partial charge in [0.1, 0.15) is 5.75 Å². The molecule has 0 amide bonds. The molecule has 36 heavy (non-hydrogen) atoms. The molecule has 6 aliphatic rings. The van der Waals surface area contributed by atoms with Crippen LogP contribution in [0.5, 0.6) is 5.75 Å². The summed E-state index contributed by atoms with van der Waals surface area (Å²) in [5.74, 6) is 9.92. The van der Waals surface area contributed by atoms with Crippen LogP contribution in [0.25, 0.3) is 0 Å². The Hall–Kier alpha value is -1.58. The summed E-state index contributed by atoms with van der Waals surface area (Å²) in [4.78, 5) is 0. The minimum atomic E-state index is -0.554. The second kappa shape index (κ2) is 8.73. The Labute approximate surface area is 216 Å². The molecule has 2 aliphatic heterocycles. The predicted molar refractivity (Wildman–Crippen MR) is 141 cm³/mol.